The first-order valence-corrected chi connectivity index (χ1v) is 11.9. The predicted molar refractivity (Wildman–Crippen MR) is 132 cm³/mol. The molecule has 1 aliphatic rings. The molecule has 1 heterocycles. The number of thiocarbonyl (C=S) groups is 1. The third-order valence-corrected chi connectivity index (χ3v) is 5.47. The molecule has 7 atom stereocenters. The van der Waals surface area contributed by atoms with Crippen LogP contribution in [-0.4, -0.2) is 77.4 Å². The minimum Gasteiger partial charge on any atom is -0.463 e. The lowest BCUT2D eigenvalue weighted by molar-refractivity contribution is -0.255. The molecule has 0 radical (unpaired) electrons. The largest absolute Gasteiger partial charge is 0.463 e. The number of carbonyl (C=O) groups is 4. The van der Waals surface area contributed by atoms with E-state index in [0.29, 0.717) is 5.56 Å². The Morgan fingerprint density at radius 2 is 1.46 bits per heavy atom. The van der Waals surface area contributed by atoms with E-state index in [1.54, 1.807) is 31.2 Å². The number of hydrogen-bond acceptors (Lipinski definition) is 11. The van der Waals surface area contributed by atoms with Gasteiger partial charge in [-0.1, -0.05) is 30.3 Å². The van der Waals surface area contributed by atoms with Crippen molar-refractivity contribution < 1.29 is 48.0 Å². The Balaban J connectivity index is 2.30. The van der Waals surface area contributed by atoms with Gasteiger partial charge in [0.25, 0.3) is 0 Å². The zero-order valence-electron chi connectivity index (χ0n) is 21.2. The van der Waals surface area contributed by atoms with Gasteiger partial charge in [-0.25, -0.2) is 0 Å². The highest BCUT2D eigenvalue weighted by Crippen LogP contribution is 2.28. The molecule has 0 aromatic heterocycles. The molecule has 0 spiro atoms. The van der Waals surface area contributed by atoms with Crippen LogP contribution in [0.2, 0.25) is 0 Å². The van der Waals surface area contributed by atoms with Crippen molar-refractivity contribution in [3.8, 4) is 0 Å². The van der Waals surface area contributed by atoms with Crippen molar-refractivity contribution in [2.45, 2.75) is 77.4 Å². The topological polar surface area (TPSA) is 159 Å². The molecule has 1 aliphatic heterocycles. The number of benzene rings is 1. The van der Waals surface area contributed by atoms with Crippen molar-refractivity contribution in [3.05, 3.63) is 35.9 Å². The lowest BCUT2D eigenvalue weighted by Crippen LogP contribution is -2.67. The monoisotopic (exact) mass is 540 g/mol. The van der Waals surface area contributed by atoms with Gasteiger partial charge in [-0.2, -0.15) is 0 Å². The Morgan fingerprint density at radius 3 is 2.00 bits per heavy atom. The summed E-state index contributed by atoms with van der Waals surface area (Å²) < 4.78 is 27.1. The average Bonchev–Trinajstić information content (AvgIpc) is 2.80. The zero-order chi connectivity index (χ0) is 27.7. The molecule has 0 unspecified atom stereocenters. The van der Waals surface area contributed by atoms with Crippen LogP contribution in [0.1, 0.15) is 46.3 Å². The Hall–Kier alpha value is -3.29. The van der Waals surface area contributed by atoms with Gasteiger partial charge in [0.1, 0.15) is 12.7 Å². The molecule has 2 rings (SSSR count). The first-order chi connectivity index (χ1) is 17.4. The van der Waals surface area contributed by atoms with Gasteiger partial charge < -0.3 is 39.4 Å². The number of aliphatic hydroxyl groups excluding tert-OH is 1. The summed E-state index contributed by atoms with van der Waals surface area (Å²) in [6.45, 7) is 5.94. The molecule has 0 bridgehead atoms. The molecule has 1 aromatic rings. The van der Waals surface area contributed by atoms with Gasteiger partial charge in [0.2, 0.25) is 0 Å². The van der Waals surface area contributed by atoms with Crippen molar-refractivity contribution in [2.75, 3.05) is 6.61 Å². The maximum Gasteiger partial charge on any atom is 0.303 e. The van der Waals surface area contributed by atoms with Crippen molar-refractivity contribution >= 4 is 41.2 Å². The number of aliphatic hydroxyl groups is 1. The molecule has 0 amide bonds. The average molecular weight is 541 g/mol. The van der Waals surface area contributed by atoms with E-state index < -0.39 is 66.7 Å². The van der Waals surface area contributed by atoms with Crippen molar-refractivity contribution in [3.63, 3.8) is 0 Å². The summed E-state index contributed by atoms with van der Waals surface area (Å²) in [6, 6.07) is 8.38. The Bertz CT molecular complexity index is 976. The maximum atomic E-state index is 11.9. The summed E-state index contributed by atoms with van der Waals surface area (Å²) in [5.41, 5.74) is 0.664. The van der Waals surface area contributed by atoms with E-state index in [-0.39, 0.29) is 11.7 Å². The molecule has 204 valence electrons. The molecule has 13 heteroatoms. The standard InChI is InChI=1S/C24H32N2O10S/c1-12(19(31)17-9-7-6-8-10-17)25-24(37)26-23-22(35-16(5)30)21(34-15(4)29)20(33-14(3)28)18(36-23)11-32-13(2)27/h6-10,12,18-23,31H,11H2,1-5H3,(H2,25,26,37)/t12-,18+,19-,20+,21-,22+,23+/m0/s1. The summed E-state index contributed by atoms with van der Waals surface area (Å²) in [6.07, 6.45) is -7.15. The number of esters is 4. The molecule has 0 saturated carbocycles. The molecular formula is C24H32N2O10S. The quantitative estimate of drug-likeness (QED) is 0.228. The molecule has 1 saturated heterocycles. The Kier molecular flexibility index (Phi) is 11.2. The molecule has 3 N–H and O–H groups in total. The molecule has 37 heavy (non-hydrogen) atoms. The molecule has 0 aliphatic carbocycles. The molecule has 1 fully saturated rings. The Labute approximate surface area is 219 Å². The lowest BCUT2D eigenvalue weighted by Gasteiger charge is -2.44. The first-order valence-electron chi connectivity index (χ1n) is 11.5. The summed E-state index contributed by atoms with van der Waals surface area (Å²) in [7, 11) is 0. The van der Waals surface area contributed by atoms with E-state index in [9.17, 15) is 24.3 Å². The third kappa shape index (κ3) is 9.26. The van der Waals surface area contributed by atoms with Gasteiger partial charge in [-0.15, -0.1) is 0 Å². The van der Waals surface area contributed by atoms with E-state index in [2.05, 4.69) is 10.6 Å². The maximum absolute atomic E-state index is 11.9. The SMILES string of the molecule is CC(=O)OC[C@H]1O[C@@H](NC(=S)N[C@@H](C)[C@H](O)c2ccccc2)[C@H](OC(C)=O)[C@@H](OC(C)=O)[C@@H]1OC(C)=O. The highest BCUT2D eigenvalue weighted by Gasteiger charge is 2.52. The fourth-order valence-corrected chi connectivity index (χ4v) is 4.04. The van der Waals surface area contributed by atoms with Gasteiger partial charge >= 0.3 is 23.9 Å². The fraction of sp³-hybridized carbons (Fsp3) is 0.542. The van der Waals surface area contributed by atoms with Gasteiger partial charge in [0, 0.05) is 27.7 Å². The van der Waals surface area contributed by atoms with Crippen LogP contribution in [0, 0.1) is 0 Å². The van der Waals surface area contributed by atoms with Crippen LogP contribution in [0.25, 0.3) is 0 Å². The van der Waals surface area contributed by atoms with E-state index >= 15 is 0 Å². The second kappa shape index (κ2) is 13.9. The number of carbonyl (C=O) groups excluding carboxylic acids is 4. The van der Waals surface area contributed by atoms with Crippen molar-refractivity contribution in [1.82, 2.24) is 10.6 Å². The number of nitrogens with one attached hydrogen (secondary N) is 2. The van der Waals surface area contributed by atoms with Crippen LogP contribution < -0.4 is 10.6 Å². The van der Waals surface area contributed by atoms with Crippen molar-refractivity contribution in [2.24, 2.45) is 0 Å². The number of ether oxygens (including phenoxy) is 5. The number of rotatable bonds is 9. The van der Waals surface area contributed by atoms with Crippen LogP contribution in [0.4, 0.5) is 0 Å². The van der Waals surface area contributed by atoms with Crippen LogP contribution in [0.5, 0.6) is 0 Å². The first kappa shape index (κ1) is 29.9. The number of hydrogen-bond donors (Lipinski definition) is 3. The summed E-state index contributed by atoms with van der Waals surface area (Å²) in [5.74, 6) is -2.83. The van der Waals surface area contributed by atoms with Gasteiger partial charge in [-0.05, 0) is 24.7 Å². The molecule has 12 nitrogen and oxygen atoms in total. The molecular weight excluding hydrogens is 508 g/mol. The van der Waals surface area contributed by atoms with Crippen LogP contribution in [0.3, 0.4) is 0 Å². The third-order valence-electron chi connectivity index (χ3n) is 5.24. The Morgan fingerprint density at radius 1 is 0.919 bits per heavy atom. The van der Waals surface area contributed by atoms with Crippen LogP contribution >= 0.6 is 12.2 Å². The highest BCUT2D eigenvalue weighted by atomic mass is 32.1. The zero-order valence-corrected chi connectivity index (χ0v) is 22.0. The second-order valence-corrected chi connectivity index (χ2v) is 8.79. The summed E-state index contributed by atoms with van der Waals surface area (Å²) in [4.78, 5) is 47.1. The summed E-state index contributed by atoms with van der Waals surface area (Å²) >= 11 is 5.39. The van der Waals surface area contributed by atoms with E-state index in [4.69, 9.17) is 35.9 Å². The van der Waals surface area contributed by atoms with Crippen LogP contribution in [0.15, 0.2) is 30.3 Å². The minimum atomic E-state index is -1.33. The minimum absolute atomic E-state index is 0.0170. The predicted octanol–water partition coefficient (Wildman–Crippen LogP) is 0.656. The van der Waals surface area contributed by atoms with Gasteiger partial charge in [-0.3, -0.25) is 19.2 Å². The second-order valence-electron chi connectivity index (χ2n) is 8.38. The smallest absolute Gasteiger partial charge is 0.303 e. The van der Waals surface area contributed by atoms with E-state index in [1.165, 1.54) is 6.92 Å². The van der Waals surface area contributed by atoms with E-state index in [1.807, 2.05) is 6.07 Å². The highest BCUT2D eigenvalue weighted by molar-refractivity contribution is 7.80. The van der Waals surface area contributed by atoms with Gasteiger partial charge in [0.05, 0.1) is 12.1 Å². The van der Waals surface area contributed by atoms with Crippen LogP contribution in [-0.2, 0) is 42.9 Å². The molecule has 1 aromatic carbocycles. The summed E-state index contributed by atoms with van der Waals surface area (Å²) in [5, 5.41) is 16.4. The lowest BCUT2D eigenvalue weighted by atomic mass is 9.97. The van der Waals surface area contributed by atoms with E-state index in [0.717, 1.165) is 20.8 Å². The van der Waals surface area contributed by atoms with Crippen molar-refractivity contribution in [1.29, 1.82) is 0 Å². The fourth-order valence-electron chi connectivity index (χ4n) is 3.74. The van der Waals surface area contributed by atoms with Gasteiger partial charge in [0.15, 0.2) is 29.7 Å². The normalized spacial score (nSPS) is 24.5.